The number of fused-ring (bicyclic) bond motifs is 1. The van der Waals surface area contributed by atoms with Crippen LogP contribution >= 0.6 is 34.4 Å². The Balaban J connectivity index is 1.76. The number of hydrogen-bond acceptors (Lipinski definition) is 1. The molecule has 0 nitrogen and oxygen atoms in total. The number of rotatable bonds is 3. The number of hydrogen-bond donors (Lipinski definition) is 0. The van der Waals surface area contributed by atoms with Gasteiger partial charge < -0.3 is 0 Å². The largest absolute Gasteiger partial charge is 0.121 e. The summed E-state index contributed by atoms with van der Waals surface area (Å²) in [5, 5.41) is 2.62. The third-order valence-corrected chi connectivity index (χ3v) is 4.82. The number of halogens is 1. The molecule has 0 aromatic heterocycles. The Bertz CT molecular complexity index is 689. The van der Waals surface area contributed by atoms with E-state index in [0.29, 0.717) is 0 Å². The van der Waals surface area contributed by atoms with Crippen molar-refractivity contribution in [1.29, 1.82) is 0 Å². The minimum atomic E-state index is 1.02. The highest BCUT2D eigenvalue weighted by Crippen LogP contribution is 2.26. The first-order chi connectivity index (χ1) is 9.31. The second kappa shape index (κ2) is 5.97. The van der Waals surface area contributed by atoms with Gasteiger partial charge in [0.05, 0.1) is 0 Å². The van der Waals surface area contributed by atoms with Gasteiger partial charge in [0.25, 0.3) is 0 Å². The molecule has 0 amide bonds. The highest BCUT2D eigenvalue weighted by Gasteiger charge is 1.98. The van der Waals surface area contributed by atoms with Crippen LogP contribution in [0, 0.1) is 3.57 Å². The molecular weight excluding hydrogens is 363 g/mol. The van der Waals surface area contributed by atoms with Crippen molar-refractivity contribution in [3.63, 3.8) is 0 Å². The van der Waals surface area contributed by atoms with Crippen LogP contribution in [-0.4, -0.2) is 0 Å². The molecule has 0 aliphatic carbocycles. The lowest BCUT2D eigenvalue weighted by Crippen LogP contribution is -1.81. The average molecular weight is 376 g/mol. The highest BCUT2D eigenvalue weighted by molar-refractivity contribution is 14.1. The molecule has 0 bridgehead atoms. The average Bonchev–Trinajstić information content (AvgIpc) is 2.46. The van der Waals surface area contributed by atoms with Crippen LogP contribution in [0.4, 0.5) is 0 Å². The molecule has 0 atom stereocenters. The molecule has 2 heteroatoms. The molecule has 0 aliphatic heterocycles. The molecule has 0 aliphatic rings. The monoisotopic (exact) mass is 376 g/mol. The van der Waals surface area contributed by atoms with Gasteiger partial charge in [0.2, 0.25) is 0 Å². The Morgan fingerprint density at radius 1 is 0.789 bits per heavy atom. The molecule has 3 rings (SSSR count). The summed E-state index contributed by atoms with van der Waals surface area (Å²) in [5.74, 6) is 1.02. The van der Waals surface area contributed by atoms with E-state index in [9.17, 15) is 0 Å². The van der Waals surface area contributed by atoms with E-state index in [1.54, 1.807) is 0 Å². The van der Waals surface area contributed by atoms with Crippen molar-refractivity contribution in [3.05, 3.63) is 75.9 Å². The first kappa shape index (κ1) is 13.0. The predicted octanol–water partition coefficient (Wildman–Crippen LogP) is 5.74. The third-order valence-electron chi connectivity index (χ3n) is 3.04. The van der Waals surface area contributed by atoms with E-state index in [1.807, 2.05) is 11.8 Å². The molecule has 0 heterocycles. The molecule has 0 radical (unpaired) electrons. The number of benzene rings is 3. The fraction of sp³-hybridized carbons (Fsp3) is 0.0588. The van der Waals surface area contributed by atoms with Gasteiger partial charge in [-0.3, -0.25) is 0 Å². The smallest absolute Gasteiger partial charge is 0.0232 e. The molecule has 0 saturated carbocycles. The molecule has 0 unspecified atom stereocenters. The fourth-order valence-electron chi connectivity index (χ4n) is 2.00. The van der Waals surface area contributed by atoms with Crippen molar-refractivity contribution in [1.82, 2.24) is 0 Å². The summed E-state index contributed by atoms with van der Waals surface area (Å²) in [6, 6.07) is 23.9. The van der Waals surface area contributed by atoms with Crippen LogP contribution in [-0.2, 0) is 5.75 Å². The van der Waals surface area contributed by atoms with E-state index in [0.717, 1.165) is 5.75 Å². The van der Waals surface area contributed by atoms with E-state index in [2.05, 4.69) is 89.3 Å². The van der Waals surface area contributed by atoms with E-state index < -0.39 is 0 Å². The minimum Gasteiger partial charge on any atom is -0.121 e. The standard InChI is InChI=1S/C17H13IS/c18-16-8-5-13(6-9-16)12-19-17-10-7-14-3-1-2-4-15(14)11-17/h1-11H,12H2. The van der Waals surface area contributed by atoms with Crippen LogP contribution in [0.5, 0.6) is 0 Å². The van der Waals surface area contributed by atoms with Gasteiger partial charge >= 0.3 is 0 Å². The fourth-order valence-corrected chi connectivity index (χ4v) is 3.26. The van der Waals surface area contributed by atoms with Crippen molar-refractivity contribution in [3.8, 4) is 0 Å². The zero-order valence-electron chi connectivity index (χ0n) is 10.3. The van der Waals surface area contributed by atoms with Crippen LogP contribution in [0.2, 0.25) is 0 Å². The molecule has 0 fully saturated rings. The molecule has 0 N–H and O–H groups in total. The van der Waals surface area contributed by atoms with Crippen LogP contribution in [0.3, 0.4) is 0 Å². The molecule has 3 aromatic carbocycles. The quantitative estimate of drug-likeness (QED) is 0.415. The van der Waals surface area contributed by atoms with Crippen molar-refractivity contribution >= 4 is 45.1 Å². The zero-order valence-corrected chi connectivity index (χ0v) is 13.3. The minimum absolute atomic E-state index is 1.02. The van der Waals surface area contributed by atoms with Gasteiger partial charge in [0, 0.05) is 14.2 Å². The van der Waals surface area contributed by atoms with Crippen LogP contribution in [0.15, 0.2) is 71.6 Å². The van der Waals surface area contributed by atoms with Gasteiger partial charge in [-0.2, -0.15) is 0 Å². The Morgan fingerprint density at radius 3 is 2.32 bits per heavy atom. The first-order valence-electron chi connectivity index (χ1n) is 6.17. The van der Waals surface area contributed by atoms with E-state index in [4.69, 9.17) is 0 Å². The summed E-state index contributed by atoms with van der Waals surface area (Å²) in [6.45, 7) is 0. The summed E-state index contributed by atoms with van der Waals surface area (Å²) in [7, 11) is 0. The van der Waals surface area contributed by atoms with Crippen LogP contribution in [0.1, 0.15) is 5.56 Å². The first-order valence-corrected chi connectivity index (χ1v) is 8.24. The van der Waals surface area contributed by atoms with Crippen molar-refractivity contribution < 1.29 is 0 Å². The third kappa shape index (κ3) is 3.31. The van der Waals surface area contributed by atoms with Crippen LogP contribution < -0.4 is 0 Å². The van der Waals surface area contributed by atoms with Gasteiger partial charge in [0.1, 0.15) is 0 Å². The van der Waals surface area contributed by atoms with Crippen molar-refractivity contribution in [2.45, 2.75) is 10.6 Å². The normalized spacial score (nSPS) is 10.8. The SMILES string of the molecule is Ic1ccc(CSc2ccc3ccccc3c2)cc1. The van der Waals surface area contributed by atoms with Gasteiger partial charge in [-0.05, 0) is 63.2 Å². The van der Waals surface area contributed by atoms with Gasteiger partial charge in [0.15, 0.2) is 0 Å². The van der Waals surface area contributed by atoms with Crippen LogP contribution in [0.25, 0.3) is 10.8 Å². The maximum Gasteiger partial charge on any atom is 0.0232 e. The van der Waals surface area contributed by atoms with Gasteiger partial charge in [-0.15, -0.1) is 11.8 Å². The summed E-state index contributed by atoms with van der Waals surface area (Å²) >= 11 is 4.23. The van der Waals surface area contributed by atoms with Crippen molar-refractivity contribution in [2.75, 3.05) is 0 Å². The van der Waals surface area contributed by atoms with E-state index >= 15 is 0 Å². The molecule has 19 heavy (non-hydrogen) atoms. The Hall–Kier alpha value is -1.00. The lowest BCUT2D eigenvalue weighted by molar-refractivity contribution is 1.38. The maximum atomic E-state index is 2.34. The molecular formula is C17H13IS. The Labute approximate surface area is 131 Å². The number of thioether (sulfide) groups is 1. The highest BCUT2D eigenvalue weighted by atomic mass is 127. The lowest BCUT2D eigenvalue weighted by atomic mass is 10.1. The summed E-state index contributed by atoms with van der Waals surface area (Å²) in [6.07, 6.45) is 0. The topological polar surface area (TPSA) is 0 Å². The molecule has 3 aromatic rings. The molecule has 0 spiro atoms. The Morgan fingerprint density at radius 2 is 1.53 bits per heavy atom. The second-order valence-corrected chi connectivity index (χ2v) is 6.72. The zero-order chi connectivity index (χ0) is 13.1. The lowest BCUT2D eigenvalue weighted by Gasteiger charge is -2.04. The maximum absolute atomic E-state index is 2.34. The van der Waals surface area contributed by atoms with E-state index in [-0.39, 0.29) is 0 Å². The van der Waals surface area contributed by atoms with E-state index in [1.165, 1.54) is 24.8 Å². The van der Waals surface area contributed by atoms with Crippen molar-refractivity contribution in [2.24, 2.45) is 0 Å². The predicted molar refractivity (Wildman–Crippen MR) is 92.7 cm³/mol. The second-order valence-electron chi connectivity index (χ2n) is 4.42. The summed E-state index contributed by atoms with van der Waals surface area (Å²) in [5.41, 5.74) is 1.37. The summed E-state index contributed by atoms with van der Waals surface area (Å²) in [4.78, 5) is 1.33. The summed E-state index contributed by atoms with van der Waals surface area (Å²) < 4.78 is 1.29. The van der Waals surface area contributed by atoms with Gasteiger partial charge in [-0.1, -0.05) is 42.5 Å². The Kier molecular flexibility index (Phi) is 4.09. The molecule has 0 saturated heterocycles. The van der Waals surface area contributed by atoms with Gasteiger partial charge in [-0.25, -0.2) is 0 Å². The molecule has 94 valence electrons.